The van der Waals surface area contributed by atoms with E-state index in [0.717, 1.165) is 29.2 Å². The molecule has 2 heterocycles. The van der Waals surface area contributed by atoms with Gasteiger partial charge in [0.2, 0.25) is 11.8 Å². The Morgan fingerprint density at radius 3 is 2.35 bits per heavy atom. The summed E-state index contributed by atoms with van der Waals surface area (Å²) in [7, 11) is -4.19. The van der Waals surface area contributed by atoms with Gasteiger partial charge in [0.15, 0.2) is 9.84 Å². The van der Waals surface area contributed by atoms with Gasteiger partial charge < -0.3 is 19.8 Å². The number of hydrogen-bond acceptors (Lipinski definition) is 8. The monoisotopic (exact) mass is 542 g/mol. The lowest BCUT2D eigenvalue weighted by Crippen LogP contribution is -2.45. The number of aromatic nitrogens is 2. The summed E-state index contributed by atoms with van der Waals surface area (Å²) in [5.41, 5.74) is 5.23. The lowest BCUT2D eigenvalue weighted by atomic mass is 9.97. The maximum absolute atomic E-state index is 15.1. The van der Waals surface area contributed by atoms with Crippen LogP contribution in [0.4, 0.5) is 23.2 Å². The zero-order valence-electron chi connectivity index (χ0n) is 19.8. The number of alkyl halides is 3. The van der Waals surface area contributed by atoms with Crippen molar-refractivity contribution in [2.75, 3.05) is 10.7 Å². The first-order valence-electron chi connectivity index (χ1n) is 10.9. The highest BCUT2D eigenvalue weighted by molar-refractivity contribution is 7.91. The average Bonchev–Trinajstić information content (AvgIpc) is 3.25. The number of nitrogens with zero attached hydrogens (tertiary/aromatic N) is 3. The Balaban J connectivity index is 1.80. The number of anilines is 1. The average molecular weight is 543 g/mol. The normalized spacial score (nSPS) is 17.9. The summed E-state index contributed by atoms with van der Waals surface area (Å²) < 4.78 is 87.9. The molecule has 0 bridgehead atoms. The van der Waals surface area contributed by atoms with Crippen LogP contribution >= 0.6 is 0 Å². The Bertz CT molecular complexity index is 1450. The molecule has 1 aromatic heterocycles. The van der Waals surface area contributed by atoms with Crippen molar-refractivity contribution in [3.8, 4) is 17.2 Å². The van der Waals surface area contributed by atoms with E-state index in [-0.39, 0.29) is 29.6 Å². The number of sulfone groups is 1. The number of amides is 1. The Morgan fingerprint density at radius 2 is 1.78 bits per heavy atom. The molecule has 3 aromatic rings. The molecule has 0 aliphatic carbocycles. The molecule has 1 amide bonds. The summed E-state index contributed by atoms with van der Waals surface area (Å²) >= 11 is 0. The number of ether oxygens (including phenoxy) is 1. The minimum atomic E-state index is -4.88. The zero-order valence-corrected chi connectivity index (χ0v) is 20.7. The summed E-state index contributed by atoms with van der Waals surface area (Å²) in [4.78, 5) is 13.7. The van der Waals surface area contributed by atoms with Crippen LogP contribution in [0.1, 0.15) is 32.2 Å². The maximum atomic E-state index is 15.1. The van der Waals surface area contributed by atoms with E-state index in [1.165, 1.54) is 12.1 Å². The summed E-state index contributed by atoms with van der Waals surface area (Å²) in [5.74, 6) is -3.01. The van der Waals surface area contributed by atoms with E-state index >= 15 is 4.39 Å². The second-order valence-corrected chi connectivity index (χ2v) is 11.5. The molecular weight excluding hydrogens is 520 g/mol. The quantitative estimate of drug-likeness (QED) is 0.494. The van der Waals surface area contributed by atoms with E-state index in [9.17, 15) is 26.4 Å². The largest absolute Gasteiger partial charge is 0.573 e. The van der Waals surface area contributed by atoms with E-state index in [2.05, 4.69) is 14.9 Å². The lowest BCUT2D eigenvalue weighted by Gasteiger charge is -2.24. The topological polar surface area (TPSA) is 129 Å². The number of hydrogen-bond donors (Lipinski definition) is 1. The zero-order chi connectivity index (χ0) is 27.3. The highest BCUT2D eigenvalue weighted by atomic mass is 32.2. The third kappa shape index (κ3) is 5.59. The van der Waals surface area contributed by atoms with Gasteiger partial charge >= 0.3 is 6.36 Å². The first-order valence-corrected chi connectivity index (χ1v) is 12.5. The molecule has 37 heavy (non-hydrogen) atoms. The van der Waals surface area contributed by atoms with Crippen LogP contribution in [0.3, 0.4) is 0 Å². The molecule has 1 aliphatic heterocycles. The van der Waals surface area contributed by atoms with Crippen LogP contribution in [0.5, 0.6) is 5.75 Å². The molecule has 0 saturated heterocycles. The van der Waals surface area contributed by atoms with Gasteiger partial charge in [-0.2, -0.15) is 0 Å². The van der Waals surface area contributed by atoms with Crippen molar-refractivity contribution in [1.29, 1.82) is 0 Å². The van der Waals surface area contributed by atoms with Crippen LogP contribution in [0, 0.1) is 5.82 Å². The number of fused-ring (bicyclic) bond motifs is 1. The molecule has 2 aromatic carbocycles. The van der Waals surface area contributed by atoms with Crippen molar-refractivity contribution in [2.24, 2.45) is 5.73 Å². The molecule has 198 valence electrons. The molecule has 1 atom stereocenters. The van der Waals surface area contributed by atoms with Gasteiger partial charge in [0.05, 0.1) is 34.5 Å². The Morgan fingerprint density at radius 1 is 1.14 bits per heavy atom. The van der Waals surface area contributed by atoms with Crippen molar-refractivity contribution in [1.82, 2.24) is 10.2 Å². The van der Waals surface area contributed by atoms with Crippen molar-refractivity contribution in [3.63, 3.8) is 0 Å². The number of carbonyl (C=O) groups is 1. The third-order valence-electron chi connectivity index (χ3n) is 5.45. The van der Waals surface area contributed by atoms with Gasteiger partial charge in [0.25, 0.3) is 5.89 Å². The minimum absolute atomic E-state index is 0.180. The standard InChI is InChI=1S/C23H22F4N4O5S/c1-22(2,3)21-30-29-19(35-21)14-8-17-18(9-15(14)24)37(33,34)11-16(28)20(32)31(17)10-12-4-6-13(7-5-12)36-23(25,26)27/h4-9,16H,10-11,28H2,1-3H3/t16-/m0/s1. The molecule has 0 spiro atoms. The number of benzene rings is 2. The van der Waals surface area contributed by atoms with E-state index in [0.29, 0.717) is 5.56 Å². The fourth-order valence-corrected chi connectivity index (χ4v) is 5.23. The second-order valence-electron chi connectivity index (χ2n) is 9.47. The van der Waals surface area contributed by atoms with E-state index in [1.54, 1.807) is 20.8 Å². The fraction of sp³-hybridized carbons (Fsp3) is 0.348. The third-order valence-corrected chi connectivity index (χ3v) is 7.25. The molecule has 0 radical (unpaired) electrons. The van der Waals surface area contributed by atoms with Crippen LogP contribution in [0.25, 0.3) is 11.5 Å². The van der Waals surface area contributed by atoms with Gasteiger partial charge in [-0.05, 0) is 29.8 Å². The lowest BCUT2D eigenvalue weighted by molar-refractivity contribution is -0.274. The highest BCUT2D eigenvalue weighted by Crippen LogP contribution is 2.37. The fourth-order valence-electron chi connectivity index (χ4n) is 3.66. The van der Waals surface area contributed by atoms with Crippen LogP contribution in [0.2, 0.25) is 0 Å². The molecule has 1 aliphatic rings. The summed E-state index contributed by atoms with van der Waals surface area (Å²) in [6.07, 6.45) is -4.88. The highest BCUT2D eigenvalue weighted by Gasteiger charge is 2.38. The van der Waals surface area contributed by atoms with Crippen molar-refractivity contribution < 1.29 is 39.9 Å². The second kappa shape index (κ2) is 9.10. The molecule has 0 fully saturated rings. The van der Waals surface area contributed by atoms with Crippen molar-refractivity contribution in [3.05, 3.63) is 53.7 Å². The van der Waals surface area contributed by atoms with Gasteiger partial charge in [-0.25, -0.2) is 12.8 Å². The van der Waals surface area contributed by atoms with E-state index < -0.39 is 55.8 Å². The molecular formula is C23H22F4N4O5S. The van der Waals surface area contributed by atoms with Gasteiger partial charge in [-0.1, -0.05) is 32.9 Å². The molecule has 4 rings (SSSR count). The van der Waals surface area contributed by atoms with Crippen LogP contribution in [-0.2, 0) is 26.6 Å². The Hall–Kier alpha value is -3.52. The molecule has 9 nitrogen and oxygen atoms in total. The van der Waals surface area contributed by atoms with E-state index in [4.69, 9.17) is 10.2 Å². The number of halogens is 4. The van der Waals surface area contributed by atoms with Crippen molar-refractivity contribution in [2.45, 2.75) is 50.0 Å². The molecule has 14 heteroatoms. The van der Waals surface area contributed by atoms with Gasteiger partial charge in [0.1, 0.15) is 11.6 Å². The van der Waals surface area contributed by atoms with Crippen LogP contribution in [-0.4, -0.2) is 42.7 Å². The van der Waals surface area contributed by atoms with Crippen LogP contribution in [0.15, 0.2) is 45.7 Å². The predicted molar refractivity (Wildman–Crippen MR) is 123 cm³/mol. The summed E-state index contributed by atoms with van der Waals surface area (Å²) in [5, 5.41) is 7.78. The van der Waals surface area contributed by atoms with Gasteiger partial charge in [-0.3, -0.25) is 4.79 Å². The first-order chi connectivity index (χ1) is 17.0. The first kappa shape index (κ1) is 26.5. The van der Waals surface area contributed by atoms with Gasteiger partial charge in [0, 0.05) is 5.41 Å². The molecule has 0 saturated carbocycles. The van der Waals surface area contributed by atoms with Gasteiger partial charge in [-0.15, -0.1) is 23.4 Å². The Kier molecular flexibility index (Phi) is 6.53. The summed E-state index contributed by atoms with van der Waals surface area (Å²) in [6.45, 7) is 5.13. The maximum Gasteiger partial charge on any atom is 0.573 e. The number of nitrogens with two attached hydrogens (primary N) is 1. The SMILES string of the molecule is CC(C)(C)c1nnc(-c2cc3c(cc2F)S(=O)(=O)C[C@H](N)C(=O)N3Cc2ccc(OC(F)(F)F)cc2)o1. The van der Waals surface area contributed by atoms with Crippen LogP contribution < -0.4 is 15.4 Å². The number of carbonyl (C=O) groups excluding carboxylic acids is 1. The molecule has 0 unspecified atom stereocenters. The predicted octanol–water partition coefficient (Wildman–Crippen LogP) is 3.72. The molecule has 2 N–H and O–H groups in total. The number of rotatable bonds is 4. The smallest absolute Gasteiger partial charge is 0.420 e. The summed E-state index contributed by atoms with van der Waals surface area (Å²) in [6, 6.07) is 5.05. The van der Waals surface area contributed by atoms with E-state index in [1.807, 2.05) is 0 Å². The minimum Gasteiger partial charge on any atom is -0.420 e. The van der Waals surface area contributed by atoms with Crippen molar-refractivity contribution >= 4 is 21.4 Å². The Labute approximate surface area is 209 Å².